The highest BCUT2D eigenvalue weighted by Crippen LogP contribution is 2.18. The molecule has 86 valence electrons. The minimum atomic E-state index is -0.0507. The van der Waals surface area contributed by atoms with Crippen LogP contribution >= 0.6 is 0 Å². The summed E-state index contributed by atoms with van der Waals surface area (Å²) in [7, 11) is 1.59. The molecule has 0 aliphatic carbocycles. The summed E-state index contributed by atoms with van der Waals surface area (Å²) in [5, 5.41) is 0. The molecule has 5 heteroatoms. The van der Waals surface area contributed by atoms with Crippen molar-refractivity contribution in [2.45, 2.75) is 25.8 Å². The molecule has 2 rings (SSSR count). The van der Waals surface area contributed by atoms with Gasteiger partial charge in [-0.05, 0) is 12.5 Å². The molecule has 0 aromatic carbocycles. The molecule has 0 aliphatic heterocycles. The number of ether oxygens (including phenoxy) is 1. The summed E-state index contributed by atoms with van der Waals surface area (Å²) in [5.74, 6) is 1.35. The Morgan fingerprint density at radius 2 is 2.25 bits per heavy atom. The smallest absolute Gasteiger partial charge is 0.215 e. The first-order valence-corrected chi connectivity index (χ1v) is 5.40. The third kappa shape index (κ3) is 1.99. The third-order valence-electron chi connectivity index (χ3n) is 2.50. The van der Waals surface area contributed by atoms with E-state index < -0.39 is 0 Å². The molecule has 3 N–H and O–H groups in total. The zero-order valence-electron chi connectivity index (χ0n) is 9.53. The van der Waals surface area contributed by atoms with Crippen LogP contribution in [0.15, 0.2) is 12.1 Å². The van der Waals surface area contributed by atoms with Gasteiger partial charge in [-0.2, -0.15) is 4.98 Å². The van der Waals surface area contributed by atoms with Crippen molar-refractivity contribution in [2.24, 2.45) is 5.73 Å². The molecule has 0 aliphatic rings. The molecule has 16 heavy (non-hydrogen) atoms. The lowest BCUT2D eigenvalue weighted by molar-refractivity contribution is 0.399. The zero-order chi connectivity index (χ0) is 11.5. The van der Waals surface area contributed by atoms with Crippen LogP contribution in [0.2, 0.25) is 0 Å². The van der Waals surface area contributed by atoms with Crippen LogP contribution in [-0.4, -0.2) is 22.1 Å². The second-order valence-electron chi connectivity index (χ2n) is 3.74. The van der Waals surface area contributed by atoms with E-state index in [4.69, 9.17) is 10.5 Å². The first-order valence-electron chi connectivity index (χ1n) is 5.40. The second-order valence-corrected chi connectivity index (χ2v) is 3.74. The summed E-state index contributed by atoms with van der Waals surface area (Å²) in [6.07, 6.45) is 1.95. The Hall–Kier alpha value is -1.62. The van der Waals surface area contributed by atoms with Gasteiger partial charge in [0.2, 0.25) is 5.88 Å². The van der Waals surface area contributed by atoms with E-state index in [-0.39, 0.29) is 6.04 Å². The highest BCUT2D eigenvalue weighted by Gasteiger charge is 2.11. The molecular formula is C11H16N4O. The maximum absolute atomic E-state index is 5.99. The van der Waals surface area contributed by atoms with Crippen molar-refractivity contribution in [3.63, 3.8) is 0 Å². The number of nitrogens with zero attached hydrogens (tertiary/aromatic N) is 2. The van der Waals surface area contributed by atoms with Gasteiger partial charge in [-0.15, -0.1) is 0 Å². The van der Waals surface area contributed by atoms with Crippen molar-refractivity contribution >= 4 is 11.2 Å². The molecule has 0 fully saturated rings. The Morgan fingerprint density at radius 1 is 1.44 bits per heavy atom. The second kappa shape index (κ2) is 4.49. The fraction of sp³-hybridized carbons (Fsp3) is 0.455. The van der Waals surface area contributed by atoms with Gasteiger partial charge in [-0.1, -0.05) is 13.3 Å². The molecular weight excluding hydrogens is 204 g/mol. The van der Waals surface area contributed by atoms with E-state index in [1.54, 1.807) is 13.2 Å². The highest BCUT2D eigenvalue weighted by atomic mass is 16.5. The lowest BCUT2D eigenvalue weighted by Crippen LogP contribution is -2.11. The van der Waals surface area contributed by atoms with Crippen LogP contribution < -0.4 is 10.5 Å². The van der Waals surface area contributed by atoms with Gasteiger partial charge < -0.3 is 15.5 Å². The Bertz CT molecular complexity index is 480. The van der Waals surface area contributed by atoms with Gasteiger partial charge in [-0.3, -0.25) is 0 Å². The maximum atomic E-state index is 5.99. The Morgan fingerprint density at radius 3 is 2.94 bits per heavy atom. The summed E-state index contributed by atoms with van der Waals surface area (Å²) < 4.78 is 5.04. The standard InChI is InChI=1S/C11H16N4O/c1-3-4-7(12)10-13-8-5-6-9(16-2)14-11(8)15-10/h5-7H,3-4,12H2,1-2H3,(H,13,14,15). The van der Waals surface area contributed by atoms with E-state index in [9.17, 15) is 0 Å². The van der Waals surface area contributed by atoms with Crippen molar-refractivity contribution in [2.75, 3.05) is 7.11 Å². The lowest BCUT2D eigenvalue weighted by atomic mass is 10.2. The number of imidazole rings is 1. The summed E-state index contributed by atoms with van der Waals surface area (Å²) in [5.41, 5.74) is 7.53. The van der Waals surface area contributed by atoms with Crippen molar-refractivity contribution in [3.05, 3.63) is 18.0 Å². The molecule has 2 aromatic heterocycles. The number of nitrogens with two attached hydrogens (primary N) is 1. The Labute approximate surface area is 94.0 Å². The van der Waals surface area contributed by atoms with Crippen LogP contribution in [0.5, 0.6) is 5.88 Å². The topological polar surface area (TPSA) is 76.8 Å². The van der Waals surface area contributed by atoms with Gasteiger partial charge in [0.25, 0.3) is 0 Å². The minimum Gasteiger partial charge on any atom is -0.481 e. The van der Waals surface area contributed by atoms with E-state index in [0.29, 0.717) is 11.5 Å². The number of methoxy groups -OCH3 is 1. The van der Waals surface area contributed by atoms with Gasteiger partial charge in [0.05, 0.1) is 18.7 Å². The van der Waals surface area contributed by atoms with E-state index in [2.05, 4.69) is 21.9 Å². The molecule has 2 heterocycles. The molecule has 0 spiro atoms. The number of pyridine rings is 1. The first kappa shape index (κ1) is 10.9. The van der Waals surface area contributed by atoms with Crippen molar-refractivity contribution < 1.29 is 4.74 Å². The third-order valence-corrected chi connectivity index (χ3v) is 2.50. The SMILES string of the molecule is CCCC(N)c1nc2nc(OC)ccc2[nH]1. The van der Waals surface area contributed by atoms with E-state index in [0.717, 1.165) is 24.2 Å². The molecule has 0 saturated heterocycles. The van der Waals surface area contributed by atoms with Crippen LogP contribution in [-0.2, 0) is 0 Å². The van der Waals surface area contributed by atoms with Gasteiger partial charge in [-0.25, -0.2) is 4.98 Å². The quantitative estimate of drug-likeness (QED) is 0.823. The molecule has 0 saturated carbocycles. The zero-order valence-corrected chi connectivity index (χ0v) is 9.53. The number of rotatable bonds is 4. The first-order chi connectivity index (χ1) is 7.74. The van der Waals surface area contributed by atoms with E-state index in [1.165, 1.54) is 0 Å². The molecule has 1 unspecified atom stereocenters. The predicted molar refractivity (Wildman–Crippen MR) is 62.3 cm³/mol. The van der Waals surface area contributed by atoms with Crippen LogP contribution in [0.4, 0.5) is 0 Å². The van der Waals surface area contributed by atoms with Crippen molar-refractivity contribution in [1.82, 2.24) is 15.0 Å². The number of hydrogen-bond acceptors (Lipinski definition) is 4. The summed E-state index contributed by atoms with van der Waals surface area (Å²) >= 11 is 0. The maximum Gasteiger partial charge on any atom is 0.215 e. The summed E-state index contributed by atoms with van der Waals surface area (Å²) in [6.45, 7) is 2.10. The summed E-state index contributed by atoms with van der Waals surface area (Å²) in [4.78, 5) is 11.8. The van der Waals surface area contributed by atoms with Gasteiger partial charge in [0, 0.05) is 6.07 Å². The van der Waals surface area contributed by atoms with E-state index in [1.807, 2.05) is 6.07 Å². The summed E-state index contributed by atoms with van der Waals surface area (Å²) in [6, 6.07) is 3.65. The van der Waals surface area contributed by atoms with Crippen molar-refractivity contribution in [1.29, 1.82) is 0 Å². The number of fused-ring (bicyclic) bond motifs is 1. The average Bonchev–Trinajstić information content (AvgIpc) is 2.71. The Balaban J connectivity index is 2.35. The highest BCUT2D eigenvalue weighted by molar-refractivity contribution is 5.71. The van der Waals surface area contributed by atoms with Crippen LogP contribution in [0.25, 0.3) is 11.2 Å². The number of nitrogens with one attached hydrogen (secondary N) is 1. The minimum absolute atomic E-state index is 0.0507. The van der Waals surface area contributed by atoms with Gasteiger partial charge in [0.15, 0.2) is 5.65 Å². The lowest BCUT2D eigenvalue weighted by Gasteiger charge is -2.04. The van der Waals surface area contributed by atoms with Crippen LogP contribution in [0, 0.1) is 0 Å². The molecule has 5 nitrogen and oxygen atoms in total. The molecule has 0 radical (unpaired) electrons. The number of H-pyrrole nitrogens is 1. The molecule has 1 atom stereocenters. The predicted octanol–water partition coefficient (Wildman–Crippen LogP) is 1.77. The van der Waals surface area contributed by atoms with Crippen LogP contribution in [0.1, 0.15) is 31.6 Å². The largest absolute Gasteiger partial charge is 0.481 e. The molecule has 0 amide bonds. The monoisotopic (exact) mass is 220 g/mol. The van der Waals surface area contributed by atoms with Gasteiger partial charge >= 0.3 is 0 Å². The van der Waals surface area contributed by atoms with Crippen LogP contribution in [0.3, 0.4) is 0 Å². The molecule has 2 aromatic rings. The fourth-order valence-electron chi connectivity index (χ4n) is 1.63. The Kier molecular flexibility index (Phi) is 3.05. The van der Waals surface area contributed by atoms with E-state index >= 15 is 0 Å². The van der Waals surface area contributed by atoms with Gasteiger partial charge in [0.1, 0.15) is 5.82 Å². The fourth-order valence-corrected chi connectivity index (χ4v) is 1.63. The van der Waals surface area contributed by atoms with Crippen molar-refractivity contribution in [3.8, 4) is 5.88 Å². The number of aromatic amines is 1. The number of hydrogen-bond donors (Lipinski definition) is 2. The number of aromatic nitrogens is 3. The average molecular weight is 220 g/mol. The molecule has 0 bridgehead atoms. The normalized spacial score (nSPS) is 12.9.